The van der Waals surface area contributed by atoms with E-state index >= 15 is 0 Å². The number of benzene rings is 2. The van der Waals surface area contributed by atoms with E-state index in [1.165, 1.54) is 0 Å². The lowest BCUT2D eigenvalue weighted by atomic mass is 10.1. The van der Waals surface area contributed by atoms with Gasteiger partial charge < -0.3 is 14.8 Å². The van der Waals surface area contributed by atoms with E-state index in [0.29, 0.717) is 34.5 Å². The Bertz CT molecular complexity index is 773. The fourth-order valence-corrected chi connectivity index (χ4v) is 2.85. The molecule has 0 bridgehead atoms. The minimum absolute atomic E-state index is 0.260. The second kappa shape index (κ2) is 13.0. The van der Waals surface area contributed by atoms with Crippen molar-refractivity contribution in [3.8, 4) is 5.75 Å². The highest BCUT2D eigenvalue weighted by molar-refractivity contribution is 14.2. The second-order valence-corrected chi connectivity index (χ2v) is 5.64. The predicted molar refractivity (Wildman–Crippen MR) is 124 cm³/mol. The Labute approximate surface area is 185 Å². The van der Waals surface area contributed by atoms with Crippen molar-refractivity contribution >= 4 is 64.5 Å². The minimum atomic E-state index is -0.467. The summed E-state index contributed by atoms with van der Waals surface area (Å²) < 4.78 is 10.6. The van der Waals surface area contributed by atoms with Crippen molar-refractivity contribution in [3.63, 3.8) is 0 Å². The van der Waals surface area contributed by atoms with Gasteiger partial charge >= 0.3 is 5.97 Å². The molecule has 1 amide bonds. The molecule has 0 saturated carbocycles. The summed E-state index contributed by atoms with van der Waals surface area (Å²) in [6.45, 7) is 4.31. The normalized spacial score (nSPS) is 9.67. The van der Waals surface area contributed by atoms with E-state index in [4.69, 9.17) is 9.47 Å². The number of nitrogens with one attached hydrogen (secondary N) is 1. The summed E-state index contributed by atoms with van der Waals surface area (Å²) >= 11 is 5.21. The lowest BCUT2D eigenvalue weighted by Crippen LogP contribution is -2.18. The Morgan fingerprint density at radius 3 is 2.41 bits per heavy atom. The summed E-state index contributed by atoms with van der Waals surface area (Å²) in [7, 11) is 3.50. The number of rotatable bonds is 7. The number of ether oxygens (including phenoxy) is 2. The van der Waals surface area contributed by atoms with Gasteiger partial charge in [-0.25, -0.2) is 4.79 Å². The average Bonchev–Trinajstić information content (AvgIpc) is 2.70. The van der Waals surface area contributed by atoms with Gasteiger partial charge in [-0.15, -0.1) is 9.80 Å². The Morgan fingerprint density at radius 1 is 1.07 bits per heavy atom. The van der Waals surface area contributed by atoms with Gasteiger partial charge in [0.25, 0.3) is 5.91 Å². The predicted octanol–water partition coefficient (Wildman–Crippen LogP) is 5.68. The summed E-state index contributed by atoms with van der Waals surface area (Å²) in [5.74, 6) is -0.316. The number of carbonyl (C=O) groups excluding carboxylic acids is 2. The quantitative estimate of drug-likeness (QED) is 0.196. The molecule has 0 aliphatic rings. The molecule has 146 valence electrons. The van der Waals surface area contributed by atoms with E-state index in [1.54, 1.807) is 43.3 Å². The van der Waals surface area contributed by atoms with Crippen molar-refractivity contribution in [2.75, 3.05) is 18.5 Å². The van der Waals surface area contributed by atoms with E-state index in [-0.39, 0.29) is 12.5 Å². The first-order valence-electron chi connectivity index (χ1n) is 8.17. The van der Waals surface area contributed by atoms with Crippen LogP contribution in [0.15, 0.2) is 42.5 Å². The van der Waals surface area contributed by atoms with Crippen molar-refractivity contribution in [2.45, 2.75) is 19.2 Å². The Morgan fingerprint density at radius 2 is 1.78 bits per heavy atom. The summed E-state index contributed by atoms with van der Waals surface area (Å²) in [5, 5.41) is 3.27. The van der Waals surface area contributed by atoms with E-state index < -0.39 is 5.97 Å². The molecule has 0 aliphatic carbocycles. The number of alkyl halides is 1. The van der Waals surface area contributed by atoms with Crippen LogP contribution in [0.2, 0.25) is 0 Å². The van der Waals surface area contributed by atoms with E-state index in [1.807, 2.05) is 34.2 Å². The molecule has 0 saturated heterocycles. The molecule has 0 fully saturated rings. The fourth-order valence-electron chi connectivity index (χ4n) is 2.39. The lowest BCUT2D eigenvalue weighted by molar-refractivity contribution is 0.0526. The molecule has 0 unspecified atom stereocenters. The summed E-state index contributed by atoms with van der Waals surface area (Å²) in [6.07, 6.45) is 0. The van der Waals surface area contributed by atoms with Crippen LogP contribution in [-0.4, -0.2) is 25.1 Å². The van der Waals surface area contributed by atoms with Gasteiger partial charge in [0, 0.05) is 5.33 Å². The number of hydrogen-bond donors (Lipinski definition) is 2. The van der Waals surface area contributed by atoms with Crippen LogP contribution in [-0.2, 0) is 10.1 Å². The molecule has 0 aliphatic heterocycles. The van der Waals surface area contributed by atoms with Crippen molar-refractivity contribution in [3.05, 3.63) is 59.2 Å². The number of halogens is 2. The van der Waals surface area contributed by atoms with Crippen LogP contribution in [0.4, 0.5) is 5.69 Å². The largest absolute Gasteiger partial charge is 0.493 e. The smallest absolute Gasteiger partial charge is 0.340 e. The third-order valence-electron chi connectivity index (χ3n) is 3.45. The number of thiol groups is 1. The SMILES string of the molecule is CCOC(=O)c1c(CBr)cccc1NC(=O)c1ccccc1OCC.SI. The van der Waals surface area contributed by atoms with Crippen molar-refractivity contribution < 1.29 is 19.1 Å². The molecular formula is C19H21BrINO4S. The van der Waals surface area contributed by atoms with E-state index in [9.17, 15) is 9.59 Å². The first-order chi connectivity index (χ1) is 13.1. The Kier molecular flexibility index (Phi) is 11.5. The maximum atomic E-state index is 12.7. The van der Waals surface area contributed by atoms with Gasteiger partial charge in [0.1, 0.15) is 5.75 Å². The summed E-state index contributed by atoms with van der Waals surface area (Å²) in [4.78, 5) is 25.0. The molecule has 2 aromatic carbocycles. The van der Waals surface area contributed by atoms with Crippen LogP contribution < -0.4 is 10.1 Å². The topological polar surface area (TPSA) is 64.6 Å². The number of hydrogen-bond acceptors (Lipinski definition) is 5. The molecule has 0 radical (unpaired) electrons. The van der Waals surface area contributed by atoms with Gasteiger partial charge in [-0.1, -0.05) is 40.2 Å². The van der Waals surface area contributed by atoms with E-state index in [0.717, 1.165) is 5.56 Å². The summed E-state index contributed by atoms with van der Waals surface area (Å²) in [6, 6.07) is 12.3. The van der Waals surface area contributed by atoms with Gasteiger partial charge in [0.2, 0.25) is 0 Å². The van der Waals surface area contributed by atoms with Crippen LogP contribution in [0.25, 0.3) is 0 Å². The van der Waals surface area contributed by atoms with Gasteiger partial charge in [-0.05, 0) is 58.8 Å². The molecule has 0 spiro atoms. The minimum Gasteiger partial charge on any atom is -0.493 e. The first kappa shape index (κ1) is 23.8. The van der Waals surface area contributed by atoms with E-state index in [2.05, 4.69) is 31.0 Å². The molecule has 8 heteroatoms. The number of anilines is 1. The van der Waals surface area contributed by atoms with Crippen LogP contribution in [0.3, 0.4) is 0 Å². The zero-order valence-corrected chi connectivity index (χ0v) is 19.6. The molecule has 2 aromatic rings. The third-order valence-corrected chi connectivity index (χ3v) is 4.06. The standard InChI is InChI=1S/C19H20BrNO4.HIS/c1-3-24-16-11-6-5-9-14(16)18(22)21-15-10-7-8-13(12-20)17(15)19(23)25-4-2;1-2/h5-11H,3-4,12H2,1-2H3,(H,21,22);2H. The molecule has 2 rings (SSSR count). The van der Waals surface area contributed by atoms with Gasteiger partial charge in [0.15, 0.2) is 0 Å². The second-order valence-electron chi connectivity index (χ2n) is 5.08. The molecule has 5 nitrogen and oxygen atoms in total. The molecule has 0 heterocycles. The van der Waals surface area contributed by atoms with Crippen molar-refractivity contribution in [1.29, 1.82) is 0 Å². The zero-order chi connectivity index (χ0) is 20.2. The highest BCUT2D eigenvalue weighted by Crippen LogP contribution is 2.25. The van der Waals surface area contributed by atoms with Gasteiger partial charge in [0.05, 0.1) is 30.0 Å². The van der Waals surface area contributed by atoms with Crippen LogP contribution in [0, 0.1) is 0 Å². The molecular weight excluding hydrogens is 545 g/mol. The van der Waals surface area contributed by atoms with Crippen LogP contribution >= 0.6 is 46.9 Å². The average molecular weight is 566 g/mol. The maximum Gasteiger partial charge on any atom is 0.340 e. The highest BCUT2D eigenvalue weighted by atomic mass is 127. The van der Waals surface area contributed by atoms with Crippen molar-refractivity contribution in [2.24, 2.45) is 0 Å². The number of amides is 1. The highest BCUT2D eigenvalue weighted by Gasteiger charge is 2.20. The molecule has 0 aromatic heterocycles. The van der Waals surface area contributed by atoms with Gasteiger partial charge in [-0.3, -0.25) is 4.79 Å². The third kappa shape index (κ3) is 6.69. The molecule has 27 heavy (non-hydrogen) atoms. The lowest BCUT2D eigenvalue weighted by Gasteiger charge is -2.15. The first-order valence-corrected chi connectivity index (χ1v) is 12.5. The Hall–Kier alpha value is -1.26. The van der Waals surface area contributed by atoms with Crippen molar-refractivity contribution in [1.82, 2.24) is 0 Å². The Balaban J connectivity index is 0.00000176. The number of esters is 1. The zero-order valence-electron chi connectivity index (χ0n) is 15.0. The van der Waals surface area contributed by atoms with Crippen LogP contribution in [0.5, 0.6) is 5.75 Å². The van der Waals surface area contributed by atoms with Gasteiger partial charge in [-0.2, -0.15) is 0 Å². The van der Waals surface area contributed by atoms with Crippen LogP contribution in [0.1, 0.15) is 40.1 Å². The number of para-hydroxylation sites is 1. The maximum absolute atomic E-state index is 12.7. The number of carbonyl (C=O) groups is 2. The fraction of sp³-hybridized carbons (Fsp3) is 0.263. The molecule has 0 atom stereocenters. The monoisotopic (exact) mass is 565 g/mol. The molecule has 1 N–H and O–H groups in total. The summed E-state index contributed by atoms with van der Waals surface area (Å²) in [5.41, 5.74) is 1.91.